The predicted octanol–water partition coefficient (Wildman–Crippen LogP) is 0.463. The van der Waals surface area contributed by atoms with Gasteiger partial charge in [0.15, 0.2) is 0 Å². The number of carbonyl (C=O) groups excluding carboxylic acids is 1. The van der Waals surface area contributed by atoms with E-state index in [1.165, 1.54) is 4.88 Å². The van der Waals surface area contributed by atoms with Crippen molar-refractivity contribution >= 4 is 17.2 Å². The quantitative estimate of drug-likeness (QED) is 0.790. The van der Waals surface area contributed by atoms with Gasteiger partial charge in [-0.25, -0.2) is 0 Å². The first-order chi connectivity index (χ1) is 6.75. The molecule has 2 heterocycles. The van der Waals surface area contributed by atoms with Crippen molar-refractivity contribution in [2.75, 3.05) is 13.6 Å². The van der Waals surface area contributed by atoms with Gasteiger partial charge in [0.2, 0.25) is 5.91 Å². The van der Waals surface area contributed by atoms with Gasteiger partial charge in [0.25, 0.3) is 0 Å². The third-order valence-corrected chi connectivity index (χ3v) is 3.17. The molecule has 1 amide bonds. The van der Waals surface area contributed by atoms with Crippen LogP contribution < -0.4 is 5.32 Å². The molecule has 0 aromatic carbocycles. The van der Waals surface area contributed by atoms with E-state index in [4.69, 9.17) is 0 Å². The van der Waals surface area contributed by atoms with Gasteiger partial charge < -0.3 is 10.2 Å². The molecular formula is C9H13N3OS. The zero-order chi connectivity index (χ0) is 9.97. The third-order valence-electron chi connectivity index (χ3n) is 2.39. The van der Waals surface area contributed by atoms with Crippen molar-refractivity contribution in [1.29, 1.82) is 0 Å². The monoisotopic (exact) mass is 211 g/mol. The fourth-order valence-corrected chi connectivity index (χ4v) is 2.12. The summed E-state index contributed by atoms with van der Waals surface area (Å²) in [4.78, 5) is 18.2. The number of hydrogen-bond donors (Lipinski definition) is 1. The van der Waals surface area contributed by atoms with Crippen molar-refractivity contribution in [3.05, 3.63) is 16.6 Å². The van der Waals surface area contributed by atoms with Crippen molar-refractivity contribution < 1.29 is 4.79 Å². The highest BCUT2D eigenvalue weighted by atomic mass is 32.1. The number of thiazole rings is 1. The lowest BCUT2D eigenvalue weighted by molar-refractivity contribution is -0.126. The molecule has 0 aliphatic carbocycles. The van der Waals surface area contributed by atoms with Crippen LogP contribution in [0.5, 0.6) is 0 Å². The molecule has 76 valence electrons. The maximum absolute atomic E-state index is 11.2. The van der Waals surface area contributed by atoms with Gasteiger partial charge in [-0.1, -0.05) is 0 Å². The summed E-state index contributed by atoms with van der Waals surface area (Å²) >= 11 is 1.64. The SMILES string of the molecule is CN1CC(NCc2cncs2)CC1=O. The number of carbonyl (C=O) groups is 1. The van der Waals surface area contributed by atoms with Crippen LogP contribution >= 0.6 is 11.3 Å². The summed E-state index contributed by atoms with van der Waals surface area (Å²) < 4.78 is 0. The molecule has 0 radical (unpaired) electrons. The Kier molecular flexibility index (Phi) is 2.79. The smallest absolute Gasteiger partial charge is 0.224 e. The van der Waals surface area contributed by atoms with E-state index in [2.05, 4.69) is 10.3 Å². The van der Waals surface area contributed by atoms with Crippen LogP contribution in [-0.2, 0) is 11.3 Å². The Hall–Kier alpha value is -0.940. The molecule has 2 rings (SSSR count). The van der Waals surface area contributed by atoms with E-state index in [1.54, 1.807) is 16.2 Å². The number of aromatic nitrogens is 1. The van der Waals surface area contributed by atoms with Gasteiger partial charge in [0, 0.05) is 43.7 Å². The molecule has 0 saturated carbocycles. The normalized spacial score (nSPS) is 21.9. The van der Waals surface area contributed by atoms with Crippen molar-refractivity contribution in [1.82, 2.24) is 15.2 Å². The molecule has 1 aliphatic heterocycles. The summed E-state index contributed by atoms with van der Waals surface area (Å²) in [5.41, 5.74) is 1.82. The summed E-state index contributed by atoms with van der Waals surface area (Å²) in [5, 5.41) is 3.35. The fourth-order valence-electron chi connectivity index (χ4n) is 1.57. The van der Waals surface area contributed by atoms with Gasteiger partial charge in [-0.15, -0.1) is 11.3 Å². The molecule has 0 bridgehead atoms. The van der Waals surface area contributed by atoms with Crippen LogP contribution in [0, 0.1) is 0 Å². The van der Waals surface area contributed by atoms with Crippen LogP contribution in [0.4, 0.5) is 0 Å². The molecule has 1 aromatic rings. The number of hydrogen-bond acceptors (Lipinski definition) is 4. The molecule has 1 fully saturated rings. The number of nitrogens with zero attached hydrogens (tertiary/aromatic N) is 2. The van der Waals surface area contributed by atoms with Gasteiger partial charge in [0.1, 0.15) is 0 Å². The van der Waals surface area contributed by atoms with Crippen LogP contribution in [0.25, 0.3) is 0 Å². The van der Waals surface area contributed by atoms with Crippen molar-refractivity contribution in [3.8, 4) is 0 Å². The predicted molar refractivity (Wildman–Crippen MR) is 55.0 cm³/mol. The Morgan fingerprint density at radius 1 is 1.79 bits per heavy atom. The van der Waals surface area contributed by atoms with E-state index in [9.17, 15) is 4.79 Å². The molecule has 1 aliphatic rings. The topological polar surface area (TPSA) is 45.2 Å². The lowest BCUT2D eigenvalue weighted by Gasteiger charge is -2.10. The Balaban J connectivity index is 1.80. The van der Waals surface area contributed by atoms with Gasteiger partial charge in [-0.2, -0.15) is 0 Å². The molecule has 14 heavy (non-hydrogen) atoms. The number of amides is 1. The van der Waals surface area contributed by atoms with Gasteiger partial charge in [-0.3, -0.25) is 9.78 Å². The molecule has 0 spiro atoms. The Labute approximate surface area is 86.9 Å². The van der Waals surface area contributed by atoms with E-state index in [-0.39, 0.29) is 5.91 Å². The lowest BCUT2D eigenvalue weighted by atomic mass is 10.2. The maximum atomic E-state index is 11.2. The first-order valence-electron chi connectivity index (χ1n) is 4.60. The van der Waals surface area contributed by atoms with Gasteiger partial charge in [-0.05, 0) is 0 Å². The van der Waals surface area contributed by atoms with Crippen molar-refractivity contribution in [3.63, 3.8) is 0 Å². The second kappa shape index (κ2) is 4.06. The largest absolute Gasteiger partial charge is 0.344 e. The average molecular weight is 211 g/mol. The van der Waals surface area contributed by atoms with Crippen molar-refractivity contribution in [2.45, 2.75) is 19.0 Å². The summed E-state index contributed by atoms with van der Waals surface area (Å²) in [6, 6.07) is 0.301. The molecule has 1 N–H and O–H groups in total. The lowest BCUT2D eigenvalue weighted by Crippen LogP contribution is -2.30. The Bertz CT molecular complexity index is 312. The van der Waals surface area contributed by atoms with E-state index < -0.39 is 0 Å². The first kappa shape index (κ1) is 9.61. The molecule has 4 nitrogen and oxygen atoms in total. The second-order valence-corrected chi connectivity index (χ2v) is 4.49. The van der Waals surface area contributed by atoms with Crippen LogP contribution in [0.1, 0.15) is 11.3 Å². The molecule has 1 unspecified atom stereocenters. The van der Waals surface area contributed by atoms with E-state index in [0.717, 1.165) is 13.1 Å². The zero-order valence-electron chi connectivity index (χ0n) is 8.06. The third kappa shape index (κ3) is 2.10. The van der Waals surface area contributed by atoms with Crippen LogP contribution in [0.3, 0.4) is 0 Å². The summed E-state index contributed by atoms with van der Waals surface area (Å²) in [7, 11) is 1.84. The van der Waals surface area contributed by atoms with Crippen LogP contribution in [-0.4, -0.2) is 35.4 Å². The fraction of sp³-hybridized carbons (Fsp3) is 0.556. The highest BCUT2D eigenvalue weighted by Gasteiger charge is 2.25. The van der Waals surface area contributed by atoms with E-state index in [0.29, 0.717) is 12.5 Å². The van der Waals surface area contributed by atoms with Crippen LogP contribution in [0.2, 0.25) is 0 Å². The standard InChI is InChI=1S/C9H13N3OS/c1-12-5-7(2-9(12)13)11-4-8-3-10-6-14-8/h3,6-7,11H,2,4-5H2,1H3. The van der Waals surface area contributed by atoms with Crippen molar-refractivity contribution in [2.24, 2.45) is 0 Å². The molecule has 1 saturated heterocycles. The van der Waals surface area contributed by atoms with E-state index in [1.807, 2.05) is 18.8 Å². The molecule has 5 heteroatoms. The van der Waals surface area contributed by atoms with E-state index >= 15 is 0 Å². The van der Waals surface area contributed by atoms with Gasteiger partial charge >= 0.3 is 0 Å². The molecule has 1 aromatic heterocycles. The molecular weight excluding hydrogens is 198 g/mol. The van der Waals surface area contributed by atoms with Gasteiger partial charge in [0.05, 0.1) is 5.51 Å². The minimum absolute atomic E-state index is 0.229. The highest BCUT2D eigenvalue weighted by Crippen LogP contribution is 2.10. The number of nitrogens with one attached hydrogen (secondary N) is 1. The number of likely N-dealkylation sites (tertiary alicyclic amines) is 1. The number of likely N-dealkylation sites (N-methyl/N-ethyl adjacent to an activating group) is 1. The summed E-state index contributed by atoms with van der Waals surface area (Å²) in [6.07, 6.45) is 2.48. The first-order valence-corrected chi connectivity index (χ1v) is 5.48. The molecule has 1 atom stereocenters. The average Bonchev–Trinajstić information content (AvgIpc) is 2.74. The van der Waals surface area contributed by atoms with Crippen LogP contribution in [0.15, 0.2) is 11.7 Å². The Morgan fingerprint density at radius 2 is 2.64 bits per heavy atom. The Morgan fingerprint density at radius 3 is 3.21 bits per heavy atom. The number of rotatable bonds is 3. The summed E-state index contributed by atoms with van der Waals surface area (Å²) in [5.74, 6) is 0.229. The zero-order valence-corrected chi connectivity index (χ0v) is 8.88. The maximum Gasteiger partial charge on any atom is 0.224 e. The summed E-state index contributed by atoms with van der Waals surface area (Å²) in [6.45, 7) is 1.63. The second-order valence-electron chi connectivity index (χ2n) is 3.52. The minimum atomic E-state index is 0.229. The highest BCUT2D eigenvalue weighted by molar-refractivity contribution is 7.09. The minimum Gasteiger partial charge on any atom is -0.344 e.